The first-order valence-electron chi connectivity index (χ1n) is 6.79. The predicted molar refractivity (Wildman–Crippen MR) is 72.2 cm³/mol. The number of carbonyl (C=O) groups excluding carboxylic acids is 2. The molecule has 5 N–H and O–H groups in total. The minimum atomic E-state index is -0.851. The normalized spacial score (nSPS) is 28.1. The standard InChI is InChI=1S/C13H25N3O3/c1-16-10(11(14)17)7-3-5-9-6-4-8-13(9,15)12(18)19-2/h9-10,16H,3-8,15H2,1-2H3,(H2,14,17). The van der Waals surface area contributed by atoms with Gasteiger partial charge in [-0.3, -0.25) is 9.59 Å². The monoisotopic (exact) mass is 271 g/mol. The summed E-state index contributed by atoms with van der Waals surface area (Å²) < 4.78 is 4.80. The largest absolute Gasteiger partial charge is 0.468 e. The molecule has 1 fully saturated rings. The second-order valence-electron chi connectivity index (χ2n) is 5.30. The summed E-state index contributed by atoms with van der Waals surface area (Å²) in [6.45, 7) is 0. The molecule has 1 aliphatic rings. The van der Waals surface area contributed by atoms with Crippen LogP contribution >= 0.6 is 0 Å². The Hall–Kier alpha value is -1.14. The van der Waals surface area contributed by atoms with Crippen molar-refractivity contribution < 1.29 is 14.3 Å². The number of esters is 1. The molecule has 19 heavy (non-hydrogen) atoms. The van der Waals surface area contributed by atoms with Crippen molar-refractivity contribution in [2.45, 2.75) is 50.1 Å². The van der Waals surface area contributed by atoms with Crippen LogP contribution in [0, 0.1) is 5.92 Å². The molecule has 0 spiro atoms. The molecule has 0 bridgehead atoms. The van der Waals surface area contributed by atoms with Crippen LogP contribution in [-0.2, 0) is 14.3 Å². The average Bonchev–Trinajstić information content (AvgIpc) is 2.76. The molecule has 6 heteroatoms. The van der Waals surface area contributed by atoms with E-state index < -0.39 is 5.54 Å². The molecular weight excluding hydrogens is 246 g/mol. The van der Waals surface area contributed by atoms with Gasteiger partial charge in [0.25, 0.3) is 0 Å². The number of likely N-dealkylation sites (N-methyl/N-ethyl adjacent to an activating group) is 1. The molecule has 0 heterocycles. The van der Waals surface area contributed by atoms with Crippen molar-refractivity contribution in [3.63, 3.8) is 0 Å². The summed E-state index contributed by atoms with van der Waals surface area (Å²) in [4.78, 5) is 22.9. The highest BCUT2D eigenvalue weighted by molar-refractivity contribution is 5.81. The molecule has 3 atom stereocenters. The molecule has 3 unspecified atom stereocenters. The summed E-state index contributed by atoms with van der Waals surface area (Å²) in [5.74, 6) is -0.540. The summed E-state index contributed by atoms with van der Waals surface area (Å²) in [7, 11) is 3.09. The fourth-order valence-corrected chi connectivity index (χ4v) is 2.96. The van der Waals surface area contributed by atoms with Crippen molar-refractivity contribution in [2.24, 2.45) is 17.4 Å². The van der Waals surface area contributed by atoms with Gasteiger partial charge in [-0.2, -0.15) is 0 Å². The summed E-state index contributed by atoms with van der Waals surface area (Å²) in [6.07, 6.45) is 4.86. The first-order valence-corrected chi connectivity index (χ1v) is 6.79. The number of nitrogens with one attached hydrogen (secondary N) is 1. The van der Waals surface area contributed by atoms with Crippen molar-refractivity contribution in [3.8, 4) is 0 Å². The Morgan fingerprint density at radius 2 is 2.21 bits per heavy atom. The molecule has 0 aromatic heterocycles. The SMILES string of the molecule is CNC(CCCC1CCCC1(N)C(=O)OC)C(N)=O. The Bertz CT molecular complexity index is 335. The molecule has 0 aromatic carbocycles. The number of amides is 1. The molecule has 1 saturated carbocycles. The van der Waals surface area contributed by atoms with Crippen LogP contribution in [0.1, 0.15) is 38.5 Å². The maximum atomic E-state index is 11.8. The Morgan fingerprint density at radius 3 is 2.74 bits per heavy atom. The molecular formula is C13H25N3O3. The number of ether oxygens (including phenoxy) is 1. The summed E-state index contributed by atoms with van der Waals surface area (Å²) in [5, 5.41) is 2.88. The summed E-state index contributed by atoms with van der Waals surface area (Å²) in [5.41, 5.74) is 10.6. The number of rotatable bonds is 7. The Balaban J connectivity index is 2.48. The van der Waals surface area contributed by atoms with E-state index >= 15 is 0 Å². The fraction of sp³-hybridized carbons (Fsp3) is 0.846. The molecule has 6 nitrogen and oxygen atoms in total. The third-order valence-corrected chi connectivity index (χ3v) is 4.17. The van der Waals surface area contributed by atoms with Crippen molar-refractivity contribution in [1.29, 1.82) is 0 Å². The zero-order valence-corrected chi connectivity index (χ0v) is 11.8. The van der Waals surface area contributed by atoms with E-state index in [1.54, 1.807) is 7.05 Å². The molecule has 110 valence electrons. The molecule has 1 rings (SSSR count). The van der Waals surface area contributed by atoms with Crippen molar-refractivity contribution in [1.82, 2.24) is 5.32 Å². The summed E-state index contributed by atoms with van der Waals surface area (Å²) >= 11 is 0. The lowest BCUT2D eigenvalue weighted by molar-refractivity contribution is -0.148. The van der Waals surface area contributed by atoms with Gasteiger partial charge in [-0.1, -0.05) is 12.8 Å². The van der Waals surface area contributed by atoms with Gasteiger partial charge in [-0.15, -0.1) is 0 Å². The maximum Gasteiger partial charge on any atom is 0.326 e. The minimum absolute atomic E-state index is 0.130. The zero-order chi connectivity index (χ0) is 14.5. The molecule has 0 aromatic rings. The quantitative estimate of drug-likeness (QED) is 0.560. The van der Waals surface area contributed by atoms with Crippen molar-refractivity contribution >= 4 is 11.9 Å². The van der Waals surface area contributed by atoms with Crippen LogP contribution < -0.4 is 16.8 Å². The first kappa shape index (κ1) is 15.9. The van der Waals surface area contributed by atoms with Crippen molar-refractivity contribution in [2.75, 3.05) is 14.2 Å². The van der Waals surface area contributed by atoms with Crippen LogP contribution in [0.4, 0.5) is 0 Å². The molecule has 0 aliphatic heterocycles. The first-order chi connectivity index (χ1) is 8.95. The van der Waals surface area contributed by atoms with E-state index in [4.69, 9.17) is 16.2 Å². The number of methoxy groups -OCH3 is 1. The molecule has 0 radical (unpaired) electrons. The number of nitrogens with two attached hydrogens (primary N) is 2. The molecule has 0 saturated heterocycles. The lowest BCUT2D eigenvalue weighted by Crippen LogP contribution is -2.51. The van der Waals surface area contributed by atoms with Crippen molar-refractivity contribution in [3.05, 3.63) is 0 Å². The van der Waals surface area contributed by atoms with Gasteiger partial charge >= 0.3 is 5.97 Å². The topological polar surface area (TPSA) is 107 Å². The van der Waals surface area contributed by atoms with Crippen LogP contribution in [0.15, 0.2) is 0 Å². The van der Waals surface area contributed by atoms with Crippen LogP contribution in [0.25, 0.3) is 0 Å². The highest BCUT2D eigenvalue weighted by atomic mass is 16.5. The van der Waals surface area contributed by atoms with E-state index in [9.17, 15) is 9.59 Å². The van der Waals surface area contributed by atoms with Gasteiger partial charge in [-0.25, -0.2) is 0 Å². The van der Waals surface area contributed by atoms with Crippen LogP contribution in [0.3, 0.4) is 0 Å². The lowest BCUT2D eigenvalue weighted by atomic mass is 9.84. The van der Waals surface area contributed by atoms with Crippen LogP contribution in [-0.4, -0.2) is 37.6 Å². The van der Waals surface area contributed by atoms with E-state index in [1.165, 1.54) is 7.11 Å². The van der Waals surface area contributed by atoms with E-state index in [2.05, 4.69) is 5.32 Å². The van der Waals surface area contributed by atoms with E-state index in [0.29, 0.717) is 12.8 Å². The van der Waals surface area contributed by atoms with E-state index in [0.717, 1.165) is 25.7 Å². The van der Waals surface area contributed by atoms with Gasteiger partial charge in [0.15, 0.2) is 0 Å². The third kappa shape index (κ3) is 3.67. The second kappa shape index (κ2) is 6.86. The molecule has 1 aliphatic carbocycles. The van der Waals surface area contributed by atoms with E-state index in [-0.39, 0.29) is 23.8 Å². The highest BCUT2D eigenvalue weighted by Gasteiger charge is 2.46. The highest BCUT2D eigenvalue weighted by Crippen LogP contribution is 2.37. The molecule has 1 amide bonds. The minimum Gasteiger partial charge on any atom is -0.468 e. The van der Waals surface area contributed by atoms with Gasteiger partial charge in [0.2, 0.25) is 5.91 Å². The predicted octanol–water partition coefficient (Wildman–Crippen LogP) is -0.0994. The Kier molecular flexibility index (Phi) is 5.75. The average molecular weight is 271 g/mol. The lowest BCUT2D eigenvalue weighted by Gasteiger charge is -2.28. The van der Waals surface area contributed by atoms with Gasteiger partial charge < -0.3 is 21.5 Å². The zero-order valence-electron chi connectivity index (χ0n) is 11.8. The second-order valence-corrected chi connectivity index (χ2v) is 5.30. The number of hydrogen-bond acceptors (Lipinski definition) is 5. The number of hydrogen-bond donors (Lipinski definition) is 3. The fourth-order valence-electron chi connectivity index (χ4n) is 2.96. The van der Waals surface area contributed by atoms with Gasteiger partial charge in [0.05, 0.1) is 13.2 Å². The van der Waals surface area contributed by atoms with Crippen LogP contribution in [0.2, 0.25) is 0 Å². The maximum absolute atomic E-state index is 11.8. The van der Waals surface area contributed by atoms with Gasteiger partial charge in [0.1, 0.15) is 5.54 Å². The number of primary amides is 1. The smallest absolute Gasteiger partial charge is 0.326 e. The Morgan fingerprint density at radius 1 is 1.53 bits per heavy atom. The van der Waals surface area contributed by atoms with Crippen LogP contribution in [0.5, 0.6) is 0 Å². The van der Waals surface area contributed by atoms with Gasteiger partial charge in [-0.05, 0) is 38.6 Å². The Labute approximate surface area is 114 Å². The third-order valence-electron chi connectivity index (χ3n) is 4.17. The number of carbonyl (C=O) groups is 2. The van der Waals surface area contributed by atoms with E-state index in [1.807, 2.05) is 0 Å². The summed E-state index contributed by atoms with van der Waals surface area (Å²) in [6, 6.07) is -0.313. The van der Waals surface area contributed by atoms with Gasteiger partial charge in [0, 0.05) is 0 Å².